The Morgan fingerprint density at radius 2 is 1.37 bits per heavy atom. The Morgan fingerprint density at radius 3 is 1.84 bits per heavy atom. The number of hydrogen-bond acceptors (Lipinski definition) is 8. The summed E-state index contributed by atoms with van der Waals surface area (Å²) in [6.07, 6.45) is 5.03. The van der Waals surface area contributed by atoms with Crippen molar-refractivity contribution in [2.24, 2.45) is 5.92 Å². The molecular weight excluding hydrogens is 564 g/mol. The largest absolute Gasteiger partial charge is 0.460 e. The highest BCUT2D eigenvalue weighted by Gasteiger charge is 2.37. The van der Waals surface area contributed by atoms with Crippen LogP contribution >= 0.6 is 0 Å². The van der Waals surface area contributed by atoms with Crippen LogP contribution in [0.4, 0.5) is 4.79 Å². The second-order valence-electron chi connectivity index (χ2n) is 15.5. The van der Waals surface area contributed by atoms with Gasteiger partial charge in [-0.25, -0.2) is 9.59 Å². The minimum absolute atomic E-state index is 0.0583. The number of hydrogen-bond donors (Lipinski definition) is 1. The number of amides is 1. The molecule has 0 fully saturated rings. The molecule has 1 heterocycles. The zero-order chi connectivity index (χ0) is 33.4. The maximum atomic E-state index is 13.3. The van der Waals surface area contributed by atoms with Gasteiger partial charge in [-0.15, -0.1) is 0 Å². The molecule has 0 spiro atoms. The highest BCUT2D eigenvalue weighted by atomic mass is 28.4. The van der Waals surface area contributed by atoms with E-state index in [1.165, 1.54) is 0 Å². The van der Waals surface area contributed by atoms with Crippen LogP contribution in [0, 0.1) is 5.92 Å². The van der Waals surface area contributed by atoms with E-state index in [1.54, 1.807) is 68.5 Å². The van der Waals surface area contributed by atoms with Crippen LogP contribution in [0.15, 0.2) is 24.4 Å². The lowest BCUT2D eigenvalue weighted by Gasteiger charge is -2.35. The lowest BCUT2D eigenvalue weighted by molar-refractivity contribution is -0.162. The van der Waals surface area contributed by atoms with Crippen molar-refractivity contribution in [1.29, 1.82) is 0 Å². The van der Waals surface area contributed by atoms with Crippen LogP contribution in [0.3, 0.4) is 0 Å². The Hall–Kier alpha value is -2.72. The second kappa shape index (κ2) is 14.8. The molecule has 1 N–H and O–H groups in total. The van der Waals surface area contributed by atoms with Crippen LogP contribution in [0.1, 0.15) is 101 Å². The Balaban J connectivity index is 3.17. The summed E-state index contributed by atoms with van der Waals surface area (Å²) in [5.41, 5.74) is -0.776. The minimum atomic E-state index is -1.83. The van der Waals surface area contributed by atoms with Crippen LogP contribution in [-0.4, -0.2) is 60.8 Å². The summed E-state index contributed by atoms with van der Waals surface area (Å²) in [6.45, 7) is 27.3. The van der Waals surface area contributed by atoms with E-state index in [2.05, 4.69) is 44.2 Å². The van der Waals surface area contributed by atoms with Crippen molar-refractivity contribution in [3.8, 4) is 0 Å². The maximum Gasteiger partial charge on any atom is 0.408 e. The molecule has 244 valence electrons. The molecular formula is C33H56N2O7Si. The quantitative estimate of drug-likeness (QED) is 0.156. The predicted octanol–water partition coefficient (Wildman–Crippen LogP) is 7.24. The molecule has 10 heteroatoms. The van der Waals surface area contributed by atoms with Gasteiger partial charge in [-0.1, -0.05) is 39.0 Å². The molecule has 0 bridgehead atoms. The molecule has 0 unspecified atom stereocenters. The maximum absolute atomic E-state index is 13.3. The van der Waals surface area contributed by atoms with Gasteiger partial charge in [-0.05, 0) is 98.5 Å². The van der Waals surface area contributed by atoms with Gasteiger partial charge in [-0.2, -0.15) is 0 Å². The smallest absolute Gasteiger partial charge is 0.408 e. The van der Waals surface area contributed by atoms with Gasteiger partial charge in [0.05, 0.1) is 12.5 Å². The molecule has 0 radical (unpaired) electrons. The van der Waals surface area contributed by atoms with Crippen LogP contribution in [0.25, 0.3) is 6.08 Å². The zero-order valence-corrected chi connectivity index (χ0v) is 30.0. The summed E-state index contributed by atoms with van der Waals surface area (Å²) in [5.74, 6) is -1.96. The fraction of sp³-hybridized carbons (Fsp3) is 0.697. The number of nitrogens with zero attached hydrogens (tertiary/aromatic N) is 1. The number of carbonyl (C=O) groups excluding carboxylic acids is 3. The Kier molecular flexibility index (Phi) is 13.2. The zero-order valence-electron chi connectivity index (χ0n) is 29.0. The lowest BCUT2D eigenvalue weighted by atomic mass is 9.94. The molecule has 0 aliphatic heterocycles. The molecule has 1 aromatic heterocycles. The summed E-state index contributed by atoms with van der Waals surface area (Å²) in [7, 11) is -1.83. The molecule has 2 atom stereocenters. The topological polar surface area (TPSA) is 113 Å². The number of rotatable bonds is 11. The predicted molar refractivity (Wildman–Crippen MR) is 173 cm³/mol. The van der Waals surface area contributed by atoms with Gasteiger partial charge in [0.25, 0.3) is 0 Å². The molecule has 0 saturated heterocycles. The number of aromatic nitrogens is 1. The summed E-state index contributed by atoms with van der Waals surface area (Å²) < 4.78 is 22.8. The molecule has 1 amide bonds. The number of alkyl carbamates (subject to hydrolysis) is 1. The normalized spacial score (nSPS) is 14.7. The highest BCUT2D eigenvalue weighted by molar-refractivity contribution is 6.74. The molecule has 1 aromatic rings. The van der Waals surface area contributed by atoms with Gasteiger partial charge in [0.15, 0.2) is 8.32 Å². The van der Waals surface area contributed by atoms with Gasteiger partial charge < -0.3 is 24.0 Å². The summed E-state index contributed by atoms with van der Waals surface area (Å²) in [4.78, 5) is 43.7. The highest BCUT2D eigenvalue weighted by Crippen LogP contribution is 2.36. The van der Waals surface area contributed by atoms with Gasteiger partial charge in [0.2, 0.25) is 0 Å². The van der Waals surface area contributed by atoms with Crippen molar-refractivity contribution in [3.63, 3.8) is 0 Å². The second-order valence-corrected chi connectivity index (χ2v) is 20.3. The molecule has 9 nitrogen and oxygen atoms in total. The third kappa shape index (κ3) is 15.5. The number of carbonyl (C=O) groups is 3. The fourth-order valence-corrected chi connectivity index (χ4v) is 4.48. The lowest BCUT2D eigenvalue weighted by Crippen LogP contribution is -2.48. The average molecular weight is 621 g/mol. The number of nitrogens with one attached hydrogen (secondary N) is 1. The molecule has 43 heavy (non-hydrogen) atoms. The van der Waals surface area contributed by atoms with E-state index >= 15 is 0 Å². The van der Waals surface area contributed by atoms with Crippen molar-refractivity contribution in [1.82, 2.24) is 10.3 Å². The first-order valence-electron chi connectivity index (χ1n) is 15.0. The standard InChI is InChI=1S/C33H56N2O7Si/c1-30(2,3)40-27(36)24(21-26(28(37)41-31(4,5)6)35-29(38)42-32(7,8)9)20-25-18-17-23(22-34-25)16-15-19-39-43(13,14)33(10,11)12/h15-18,22,24,26H,19-21H2,1-14H3,(H,35,38)/t24-,26-/m0/s1. The Labute approximate surface area is 260 Å². The first-order chi connectivity index (χ1) is 19.3. The summed E-state index contributed by atoms with van der Waals surface area (Å²) >= 11 is 0. The average Bonchev–Trinajstić information content (AvgIpc) is 2.77. The third-order valence-electron chi connectivity index (χ3n) is 6.60. The van der Waals surface area contributed by atoms with Gasteiger partial charge in [-0.3, -0.25) is 9.78 Å². The molecule has 0 aromatic carbocycles. The minimum Gasteiger partial charge on any atom is -0.460 e. The Morgan fingerprint density at radius 1 is 0.837 bits per heavy atom. The van der Waals surface area contributed by atoms with Gasteiger partial charge >= 0.3 is 18.0 Å². The van der Waals surface area contributed by atoms with E-state index in [-0.39, 0.29) is 17.9 Å². The van der Waals surface area contributed by atoms with E-state index in [0.29, 0.717) is 12.3 Å². The van der Waals surface area contributed by atoms with Crippen molar-refractivity contribution < 1.29 is 33.0 Å². The first kappa shape index (κ1) is 38.3. The van der Waals surface area contributed by atoms with E-state index in [4.69, 9.17) is 18.6 Å². The van der Waals surface area contributed by atoms with Crippen LogP contribution in [0.5, 0.6) is 0 Å². The van der Waals surface area contributed by atoms with Crippen molar-refractivity contribution in [2.75, 3.05) is 6.61 Å². The van der Waals surface area contributed by atoms with E-state index in [1.807, 2.05) is 24.3 Å². The van der Waals surface area contributed by atoms with Crippen molar-refractivity contribution >= 4 is 32.4 Å². The van der Waals surface area contributed by atoms with Crippen LogP contribution in [0.2, 0.25) is 18.1 Å². The fourth-order valence-electron chi connectivity index (χ4n) is 3.53. The van der Waals surface area contributed by atoms with Gasteiger partial charge in [0, 0.05) is 18.3 Å². The number of ether oxygens (including phenoxy) is 3. The summed E-state index contributed by atoms with van der Waals surface area (Å²) in [6, 6.07) is 2.62. The Bertz CT molecular complexity index is 1100. The van der Waals surface area contributed by atoms with Crippen LogP contribution in [-0.2, 0) is 34.6 Å². The SMILES string of the molecule is CC(C)(C)OC(=O)N[C@@H](C[C@H](Cc1ccc(C=CCO[Si](C)(C)C(C)(C)C)cn1)C(=O)OC(C)(C)C)C(=O)OC(C)(C)C. The van der Waals surface area contributed by atoms with E-state index in [0.717, 1.165) is 5.56 Å². The van der Waals surface area contributed by atoms with Crippen molar-refractivity contribution in [2.45, 2.75) is 137 Å². The number of esters is 2. The van der Waals surface area contributed by atoms with E-state index in [9.17, 15) is 14.4 Å². The molecule has 0 saturated carbocycles. The van der Waals surface area contributed by atoms with E-state index < -0.39 is 55.1 Å². The first-order valence-corrected chi connectivity index (χ1v) is 17.9. The molecule has 0 aliphatic rings. The molecule has 0 aliphatic carbocycles. The van der Waals surface area contributed by atoms with Crippen LogP contribution < -0.4 is 5.32 Å². The van der Waals surface area contributed by atoms with Gasteiger partial charge in [0.1, 0.15) is 22.8 Å². The monoisotopic (exact) mass is 620 g/mol. The molecule has 1 rings (SSSR count). The van der Waals surface area contributed by atoms with Crippen molar-refractivity contribution in [3.05, 3.63) is 35.7 Å². The summed E-state index contributed by atoms with van der Waals surface area (Å²) in [5, 5.41) is 2.74. The number of pyridine rings is 1. The third-order valence-corrected chi connectivity index (χ3v) is 11.1.